The average Bonchev–Trinajstić information content (AvgIpc) is 2.70. The molecule has 2 atom stereocenters. The number of unbranched alkanes of at least 4 members (excludes halogenated alkanes) is 2. The molecule has 1 saturated heterocycles. The molecule has 0 radical (unpaired) electrons. The van der Waals surface area contributed by atoms with Gasteiger partial charge in [-0.15, -0.1) is 0 Å². The highest BCUT2D eigenvalue weighted by molar-refractivity contribution is 5.93. The Labute approximate surface area is 98.0 Å². The van der Waals surface area contributed by atoms with Gasteiger partial charge in [-0.25, -0.2) is 0 Å². The summed E-state index contributed by atoms with van der Waals surface area (Å²) in [4.78, 5) is 23.2. The summed E-state index contributed by atoms with van der Waals surface area (Å²) < 4.78 is 0. The Morgan fingerprint density at radius 3 is 2.69 bits per heavy atom. The van der Waals surface area contributed by atoms with E-state index in [1.54, 1.807) is 0 Å². The van der Waals surface area contributed by atoms with Gasteiger partial charge in [0, 0.05) is 12.3 Å². The first-order valence-corrected chi connectivity index (χ1v) is 6.52. The highest BCUT2D eigenvalue weighted by Gasteiger charge is 2.30. The summed E-state index contributed by atoms with van der Waals surface area (Å²) in [6, 6.07) is -0.195. The third-order valence-electron chi connectivity index (χ3n) is 3.39. The molecule has 1 amide bonds. The van der Waals surface area contributed by atoms with Crippen molar-refractivity contribution in [2.75, 3.05) is 0 Å². The molecule has 0 aliphatic carbocycles. The van der Waals surface area contributed by atoms with Gasteiger partial charge in [0.15, 0.2) is 5.78 Å². The number of amides is 1. The fraction of sp³-hybridized carbons (Fsp3) is 0.846. The lowest BCUT2D eigenvalue weighted by Gasteiger charge is -2.17. The van der Waals surface area contributed by atoms with Crippen molar-refractivity contribution in [2.24, 2.45) is 5.92 Å². The first kappa shape index (κ1) is 13.2. The summed E-state index contributed by atoms with van der Waals surface area (Å²) in [5, 5.41) is 2.77. The van der Waals surface area contributed by atoms with Crippen molar-refractivity contribution in [1.29, 1.82) is 0 Å². The second-order valence-electron chi connectivity index (χ2n) is 4.66. The molecule has 1 rings (SSSR count). The van der Waals surface area contributed by atoms with Crippen LogP contribution in [0.3, 0.4) is 0 Å². The van der Waals surface area contributed by atoms with Crippen LogP contribution in [0.15, 0.2) is 0 Å². The van der Waals surface area contributed by atoms with Gasteiger partial charge in [0.05, 0.1) is 6.04 Å². The summed E-state index contributed by atoms with van der Waals surface area (Å²) in [6.07, 6.45) is 6.60. The zero-order chi connectivity index (χ0) is 12.0. The number of ketones is 1. The highest BCUT2D eigenvalue weighted by Crippen LogP contribution is 2.20. The number of rotatable bonds is 7. The first-order chi connectivity index (χ1) is 7.69. The van der Waals surface area contributed by atoms with Gasteiger partial charge in [0.2, 0.25) is 5.91 Å². The van der Waals surface area contributed by atoms with Gasteiger partial charge in [-0.05, 0) is 19.3 Å². The molecule has 3 heteroatoms. The minimum atomic E-state index is -0.195. The van der Waals surface area contributed by atoms with E-state index in [9.17, 15) is 9.59 Å². The molecule has 1 N–H and O–H groups in total. The van der Waals surface area contributed by atoms with Gasteiger partial charge in [0.1, 0.15) is 0 Å². The summed E-state index contributed by atoms with van der Waals surface area (Å²) >= 11 is 0. The van der Waals surface area contributed by atoms with E-state index in [0.717, 1.165) is 19.3 Å². The standard InChI is InChI=1S/C13H23NO2/c1-3-5-6-7-10(4-2)13(16)11-8-9-12(15)14-11/h10-11H,3-9H2,1-2H3,(H,14,15). The van der Waals surface area contributed by atoms with Crippen molar-refractivity contribution < 1.29 is 9.59 Å². The van der Waals surface area contributed by atoms with Gasteiger partial charge in [-0.2, -0.15) is 0 Å². The van der Waals surface area contributed by atoms with Crippen LogP contribution in [0.1, 0.15) is 58.8 Å². The number of nitrogens with one attached hydrogen (secondary N) is 1. The molecule has 0 spiro atoms. The minimum Gasteiger partial charge on any atom is -0.346 e. The van der Waals surface area contributed by atoms with E-state index in [2.05, 4.69) is 19.2 Å². The fourth-order valence-electron chi connectivity index (χ4n) is 2.30. The van der Waals surface area contributed by atoms with E-state index in [-0.39, 0.29) is 23.7 Å². The van der Waals surface area contributed by atoms with Crippen LogP contribution in [0.4, 0.5) is 0 Å². The lowest BCUT2D eigenvalue weighted by molar-refractivity contribution is -0.127. The number of carbonyl (C=O) groups is 2. The van der Waals surface area contributed by atoms with Crippen LogP contribution in [0, 0.1) is 5.92 Å². The Morgan fingerprint density at radius 2 is 2.19 bits per heavy atom. The van der Waals surface area contributed by atoms with Crippen molar-refractivity contribution in [1.82, 2.24) is 5.32 Å². The third kappa shape index (κ3) is 3.62. The molecule has 0 bridgehead atoms. The van der Waals surface area contributed by atoms with E-state index >= 15 is 0 Å². The highest BCUT2D eigenvalue weighted by atomic mass is 16.2. The Bertz CT molecular complexity index is 250. The Morgan fingerprint density at radius 1 is 1.44 bits per heavy atom. The molecule has 1 heterocycles. The maximum absolute atomic E-state index is 12.1. The lowest BCUT2D eigenvalue weighted by Crippen LogP contribution is -2.37. The first-order valence-electron chi connectivity index (χ1n) is 6.52. The maximum atomic E-state index is 12.1. The monoisotopic (exact) mass is 225 g/mol. The quantitative estimate of drug-likeness (QED) is 0.676. The molecule has 1 aliphatic rings. The molecular weight excluding hydrogens is 202 g/mol. The molecule has 1 fully saturated rings. The van der Waals surface area contributed by atoms with Crippen LogP contribution in [0.5, 0.6) is 0 Å². The average molecular weight is 225 g/mol. The van der Waals surface area contributed by atoms with Gasteiger partial charge in [-0.3, -0.25) is 9.59 Å². The van der Waals surface area contributed by atoms with Crippen molar-refractivity contribution in [3.05, 3.63) is 0 Å². The molecule has 0 aromatic rings. The summed E-state index contributed by atoms with van der Waals surface area (Å²) in [6.45, 7) is 4.23. The number of hydrogen-bond acceptors (Lipinski definition) is 2. The Balaban J connectivity index is 2.39. The smallest absolute Gasteiger partial charge is 0.220 e. The number of hydrogen-bond donors (Lipinski definition) is 1. The molecule has 0 aromatic heterocycles. The molecule has 0 aromatic carbocycles. The van der Waals surface area contributed by atoms with E-state index in [0.29, 0.717) is 12.8 Å². The molecule has 0 saturated carbocycles. The topological polar surface area (TPSA) is 46.2 Å². The third-order valence-corrected chi connectivity index (χ3v) is 3.39. The van der Waals surface area contributed by atoms with Crippen LogP contribution in [0.2, 0.25) is 0 Å². The second-order valence-corrected chi connectivity index (χ2v) is 4.66. The maximum Gasteiger partial charge on any atom is 0.220 e. The zero-order valence-corrected chi connectivity index (χ0v) is 10.4. The van der Waals surface area contributed by atoms with Crippen molar-refractivity contribution in [2.45, 2.75) is 64.8 Å². The minimum absolute atomic E-state index is 0.0294. The molecule has 3 nitrogen and oxygen atoms in total. The van der Waals surface area contributed by atoms with Crippen molar-refractivity contribution >= 4 is 11.7 Å². The second kappa shape index (κ2) is 6.66. The molecular formula is C13H23NO2. The van der Waals surface area contributed by atoms with Gasteiger partial charge in [0.25, 0.3) is 0 Å². The van der Waals surface area contributed by atoms with E-state index in [1.165, 1.54) is 12.8 Å². The lowest BCUT2D eigenvalue weighted by atomic mass is 9.90. The predicted octanol–water partition coefficient (Wildman–Crippen LogP) is 2.44. The van der Waals surface area contributed by atoms with E-state index in [1.807, 2.05) is 0 Å². The zero-order valence-electron chi connectivity index (χ0n) is 10.4. The molecule has 2 unspecified atom stereocenters. The predicted molar refractivity (Wildman–Crippen MR) is 64.1 cm³/mol. The summed E-state index contributed by atoms with van der Waals surface area (Å²) in [7, 11) is 0. The molecule has 92 valence electrons. The van der Waals surface area contributed by atoms with Gasteiger partial charge < -0.3 is 5.32 Å². The van der Waals surface area contributed by atoms with E-state index < -0.39 is 0 Å². The van der Waals surface area contributed by atoms with Crippen LogP contribution in [-0.2, 0) is 9.59 Å². The normalized spacial score (nSPS) is 21.9. The van der Waals surface area contributed by atoms with Crippen LogP contribution in [-0.4, -0.2) is 17.7 Å². The largest absolute Gasteiger partial charge is 0.346 e. The number of carbonyl (C=O) groups excluding carboxylic acids is 2. The van der Waals surface area contributed by atoms with Crippen LogP contribution >= 0.6 is 0 Å². The molecule has 1 aliphatic heterocycles. The molecule has 16 heavy (non-hydrogen) atoms. The van der Waals surface area contributed by atoms with Crippen LogP contribution < -0.4 is 5.32 Å². The summed E-state index contributed by atoms with van der Waals surface area (Å²) in [5.74, 6) is 0.432. The Kier molecular flexibility index (Phi) is 5.50. The van der Waals surface area contributed by atoms with Crippen LogP contribution in [0.25, 0.3) is 0 Å². The van der Waals surface area contributed by atoms with Gasteiger partial charge >= 0.3 is 0 Å². The SMILES string of the molecule is CCCCCC(CC)C(=O)C1CCC(=O)N1. The fourth-order valence-corrected chi connectivity index (χ4v) is 2.30. The van der Waals surface area contributed by atoms with E-state index in [4.69, 9.17) is 0 Å². The van der Waals surface area contributed by atoms with Crippen molar-refractivity contribution in [3.63, 3.8) is 0 Å². The van der Waals surface area contributed by atoms with Gasteiger partial charge in [-0.1, -0.05) is 33.1 Å². The Hall–Kier alpha value is -0.860. The van der Waals surface area contributed by atoms with Crippen molar-refractivity contribution in [3.8, 4) is 0 Å². The number of Topliss-reactive ketones (excluding diaryl/α,β-unsaturated/α-hetero) is 1. The summed E-state index contributed by atoms with van der Waals surface area (Å²) in [5.41, 5.74) is 0.